The second-order valence-corrected chi connectivity index (χ2v) is 5.72. The summed E-state index contributed by atoms with van der Waals surface area (Å²) in [6.45, 7) is 6.30. The second-order valence-electron chi connectivity index (χ2n) is 5.72. The molecule has 104 valence electrons. The van der Waals surface area contributed by atoms with Crippen molar-refractivity contribution in [2.45, 2.75) is 57.5 Å². The lowest BCUT2D eigenvalue weighted by molar-refractivity contribution is -0.133. The molecule has 0 aromatic rings. The van der Waals surface area contributed by atoms with E-state index in [1.54, 1.807) is 0 Å². The predicted molar refractivity (Wildman–Crippen MR) is 73.3 cm³/mol. The largest absolute Gasteiger partial charge is 0.340 e. The van der Waals surface area contributed by atoms with Crippen LogP contribution >= 0.6 is 0 Å². The topological polar surface area (TPSA) is 49.6 Å². The van der Waals surface area contributed by atoms with Crippen LogP contribution in [0.4, 0.5) is 0 Å². The minimum Gasteiger partial charge on any atom is -0.340 e. The molecule has 0 aromatic carbocycles. The van der Waals surface area contributed by atoms with Gasteiger partial charge in [0.1, 0.15) is 0 Å². The molecule has 1 amide bonds. The molecule has 2 heterocycles. The van der Waals surface area contributed by atoms with Gasteiger partial charge in [0.05, 0.1) is 6.04 Å². The number of carbonyl (C=O) groups is 1. The van der Waals surface area contributed by atoms with E-state index >= 15 is 0 Å². The van der Waals surface area contributed by atoms with E-state index in [2.05, 4.69) is 11.8 Å². The first-order valence-corrected chi connectivity index (χ1v) is 7.50. The molecule has 2 fully saturated rings. The average molecular weight is 253 g/mol. The van der Waals surface area contributed by atoms with E-state index in [-0.39, 0.29) is 11.9 Å². The van der Waals surface area contributed by atoms with Crippen molar-refractivity contribution in [2.75, 3.05) is 26.2 Å². The molecule has 2 N–H and O–H groups in total. The maximum atomic E-state index is 12.3. The molecule has 2 aliphatic heterocycles. The van der Waals surface area contributed by atoms with Crippen LogP contribution in [0.1, 0.15) is 45.4 Å². The number of hydrogen-bond donors (Lipinski definition) is 1. The van der Waals surface area contributed by atoms with Crippen LogP contribution in [0.25, 0.3) is 0 Å². The van der Waals surface area contributed by atoms with Gasteiger partial charge in [0.25, 0.3) is 0 Å². The summed E-state index contributed by atoms with van der Waals surface area (Å²) in [5, 5.41) is 0. The van der Waals surface area contributed by atoms with Crippen molar-refractivity contribution in [3.8, 4) is 0 Å². The fourth-order valence-electron chi connectivity index (χ4n) is 3.19. The van der Waals surface area contributed by atoms with Gasteiger partial charge in [-0.1, -0.05) is 19.8 Å². The van der Waals surface area contributed by atoms with Gasteiger partial charge in [0, 0.05) is 25.7 Å². The first kappa shape index (κ1) is 13.8. The van der Waals surface area contributed by atoms with Gasteiger partial charge in [-0.3, -0.25) is 9.69 Å². The lowest BCUT2D eigenvalue weighted by Gasteiger charge is -2.27. The predicted octanol–water partition coefficient (Wildman–Crippen LogP) is 1.20. The number of unbranched alkanes of at least 4 members (excludes halogenated alkanes) is 1. The number of fused-ring (bicyclic) bond motifs is 1. The summed E-state index contributed by atoms with van der Waals surface area (Å²) >= 11 is 0. The van der Waals surface area contributed by atoms with E-state index in [0.29, 0.717) is 6.04 Å². The van der Waals surface area contributed by atoms with Gasteiger partial charge in [-0.2, -0.15) is 0 Å². The first-order valence-electron chi connectivity index (χ1n) is 7.50. The van der Waals surface area contributed by atoms with Crippen molar-refractivity contribution in [2.24, 2.45) is 5.73 Å². The van der Waals surface area contributed by atoms with Crippen LogP contribution in [0, 0.1) is 0 Å². The highest BCUT2D eigenvalue weighted by Crippen LogP contribution is 2.21. The zero-order valence-electron chi connectivity index (χ0n) is 11.6. The van der Waals surface area contributed by atoms with E-state index in [9.17, 15) is 4.79 Å². The Bertz CT molecular complexity index is 282. The summed E-state index contributed by atoms with van der Waals surface area (Å²) in [7, 11) is 0. The minimum atomic E-state index is -0.280. The molecule has 2 rings (SSSR count). The van der Waals surface area contributed by atoms with Gasteiger partial charge in [0.2, 0.25) is 5.91 Å². The Morgan fingerprint density at radius 3 is 2.89 bits per heavy atom. The third-order valence-corrected chi connectivity index (χ3v) is 4.30. The molecule has 18 heavy (non-hydrogen) atoms. The van der Waals surface area contributed by atoms with Crippen LogP contribution in [0.15, 0.2) is 0 Å². The molecule has 0 bridgehead atoms. The van der Waals surface area contributed by atoms with Crippen LogP contribution in [0.5, 0.6) is 0 Å². The van der Waals surface area contributed by atoms with Crippen molar-refractivity contribution in [3.63, 3.8) is 0 Å². The molecule has 4 heteroatoms. The summed E-state index contributed by atoms with van der Waals surface area (Å²) in [6.07, 6.45) is 6.62. The van der Waals surface area contributed by atoms with Crippen molar-refractivity contribution >= 4 is 5.91 Å². The molecule has 2 aliphatic rings. The highest BCUT2D eigenvalue weighted by Gasteiger charge is 2.31. The SMILES string of the molecule is CCCC[C@H](N)C(=O)N1CCCN2CCCC2C1. The number of hydrogen-bond acceptors (Lipinski definition) is 3. The van der Waals surface area contributed by atoms with Crippen molar-refractivity contribution < 1.29 is 4.79 Å². The van der Waals surface area contributed by atoms with Gasteiger partial charge in [-0.05, 0) is 32.2 Å². The summed E-state index contributed by atoms with van der Waals surface area (Å²) < 4.78 is 0. The number of carbonyl (C=O) groups excluding carboxylic acids is 1. The molecule has 1 unspecified atom stereocenters. The number of rotatable bonds is 4. The molecule has 4 nitrogen and oxygen atoms in total. The third kappa shape index (κ3) is 3.23. The van der Waals surface area contributed by atoms with Crippen LogP contribution in [-0.2, 0) is 4.79 Å². The summed E-state index contributed by atoms with van der Waals surface area (Å²) in [5.41, 5.74) is 6.02. The van der Waals surface area contributed by atoms with Gasteiger partial charge in [-0.15, -0.1) is 0 Å². The minimum absolute atomic E-state index is 0.178. The fraction of sp³-hybridized carbons (Fsp3) is 0.929. The Kier molecular flexibility index (Phi) is 5.01. The van der Waals surface area contributed by atoms with Gasteiger partial charge < -0.3 is 10.6 Å². The molecule has 2 atom stereocenters. The van der Waals surface area contributed by atoms with Crippen molar-refractivity contribution in [3.05, 3.63) is 0 Å². The summed E-state index contributed by atoms with van der Waals surface area (Å²) in [5.74, 6) is 0.178. The maximum Gasteiger partial charge on any atom is 0.239 e. The molecule has 0 aliphatic carbocycles. The van der Waals surface area contributed by atoms with Crippen LogP contribution in [0.3, 0.4) is 0 Å². The zero-order valence-corrected chi connectivity index (χ0v) is 11.6. The normalized spacial score (nSPS) is 26.8. The lowest BCUT2D eigenvalue weighted by Crippen LogP contribution is -2.47. The quantitative estimate of drug-likeness (QED) is 0.819. The molecule has 0 radical (unpaired) electrons. The summed E-state index contributed by atoms with van der Waals surface area (Å²) in [4.78, 5) is 16.9. The molecular weight excluding hydrogens is 226 g/mol. The van der Waals surface area contributed by atoms with Gasteiger partial charge >= 0.3 is 0 Å². The molecule has 0 aromatic heterocycles. The van der Waals surface area contributed by atoms with E-state index in [1.807, 2.05) is 4.90 Å². The third-order valence-electron chi connectivity index (χ3n) is 4.30. The average Bonchev–Trinajstić information content (AvgIpc) is 2.72. The van der Waals surface area contributed by atoms with Crippen LogP contribution < -0.4 is 5.73 Å². The lowest BCUT2D eigenvalue weighted by atomic mass is 10.1. The van der Waals surface area contributed by atoms with Crippen molar-refractivity contribution in [1.29, 1.82) is 0 Å². The summed E-state index contributed by atoms with van der Waals surface area (Å²) in [6, 6.07) is 0.313. The molecule has 2 saturated heterocycles. The Morgan fingerprint density at radius 2 is 2.11 bits per heavy atom. The maximum absolute atomic E-state index is 12.3. The number of amides is 1. The second kappa shape index (κ2) is 6.53. The van der Waals surface area contributed by atoms with Crippen molar-refractivity contribution in [1.82, 2.24) is 9.80 Å². The van der Waals surface area contributed by atoms with E-state index in [0.717, 1.165) is 45.3 Å². The van der Waals surface area contributed by atoms with Gasteiger partial charge in [-0.25, -0.2) is 0 Å². The molecule has 0 saturated carbocycles. The molecular formula is C14H27N3O. The number of nitrogens with zero attached hydrogens (tertiary/aromatic N) is 2. The van der Waals surface area contributed by atoms with Crippen LogP contribution in [0.2, 0.25) is 0 Å². The monoisotopic (exact) mass is 253 g/mol. The van der Waals surface area contributed by atoms with Gasteiger partial charge in [0.15, 0.2) is 0 Å². The van der Waals surface area contributed by atoms with Crippen LogP contribution in [-0.4, -0.2) is 54.0 Å². The van der Waals surface area contributed by atoms with E-state index in [4.69, 9.17) is 5.73 Å². The fourth-order valence-corrected chi connectivity index (χ4v) is 3.19. The highest BCUT2D eigenvalue weighted by atomic mass is 16.2. The Hall–Kier alpha value is -0.610. The first-order chi connectivity index (χ1) is 8.72. The Morgan fingerprint density at radius 1 is 1.33 bits per heavy atom. The number of nitrogens with two attached hydrogens (primary N) is 1. The van der Waals surface area contributed by atoms with E-state index in [1.165, 1.54) is 19.4 Å². The Balaban J connectivity index is 1.89. The smallest absolute Gasteiger partial charge is 0.239 e. The molecule has 0 spiro atoms. The standard InChI is InChI=1S/C14H27N3O/c1-2-3-7-13(15)14(18)17-10-5-9-16-8-4-6-12(16)11-17/h12-13H,2-11,15H2,1H3/t12?,13-/m0/s1. The van der Waals surface area contributed by atoms with E-state index < -0.39 is 0 Å². The Labute approximate surface area is 110 Å². The highest BCUT2D eigenvalue weighted by molar-refractivity contribution is 5.81. The zero-order chi connectivity index (χ0) is 13.0.